The van der Waals surface area contributed by atoms with Gasteiger partial charge in [0.05, 0.1) is 0 Å². The van der Waals surface area contributed by atoms with Crippen LogP contribution >= 0.6 is 12.4 Å². The van der Waals surface area contributed by atoms with Gasteiger partial charge in [-0.1, -0.05) is 13.8 Å². The average Bonchev–Trinajstić information content (AvgIpc) is 2.25. The fourth-order valence-electron chi connectivity index (χ4n) is 2.56. The molecule has 0 aromatic rings. The lowest BCUT2D eigenvalue weighted by Gasteiger charge is -2.33. The summed E-state index contributed by atoms with van der Waals surface area (Å²) in [7, 11) is 0. The molecule has 102 valence electrons. The van der Waals surface area contributed by atoms with Gasteiger partial charge in [-0.2, -0.15) is 0 Å². The summed E-state index contributed by atoms with van der Waals surface area (Å²) in [4.78, 5) is 13.9. The number of likely N-dealkylation sites (tertiary alicyclic amines) is 1. The van der Waals surface area contributed by atoms with E-state index in [1.165, 1.54) is 19.3 Å². The van der Waals surface area contributed by atoms with Gasteiger partial charge in [0, 0.05) is 19.5 Å². The van der Waals surface area contributed by atoms with Gasteiger partial charge in [0.15, 0.2) is 0 Å². The van der Waals surface area contributed by atoms with Crippen molar-refractivity contribution in [2.45, 2.75) is 46.0 Å². The quantitative estimate of drug-likeness (QED) is 0.827. The van der Waals surface area contributed by atoms with Crippen molar-refractivity contribution in [3.63, 3.8) is 0 Å². The molecule has 4 heteroatoms. The summed E-state index contributed by atoms with van der Waals surface area (Å²) in [6.45, 7) is 7.07. The van der Waals surface area contributed by atoms with Gasteiger partial charge < -0.3 is 10.6 Å². The summed E-state index contributed by atoms with van der Waals surface area (Å²) >= 11 is 0. The lowest BCUT2D eigenvalue weighted by Crippen LogP contribution is -2.40. The SMILES string of the molecule is CC(C)CC1CCCN(C(=O)CCCN)C1.Cl. The van der Waals surface area contributed by atoms with Gasteiger partial charge >= 0.3 is 0 Å². The minimum absolute atomic E-state index is 0. The highest BCUT2D eigenvalue weighted by Crippen LogP contribution is 2.23. The van der Waals surface area contributed by atoms with E-state index in [9.17, 15) is 4.79 Å². The first-order valence-corrected chi connectivity index (χ1v) is 6.61. The van der Waals surface area contributed by atoms with E-state index in [1.54, 1.807) is 0 Å². The number of piperidine rings is 1. The molecule has 0 aromatic heterocycles. The molecule has 1 fully saturated rings. The van der Waals surface area contributed by atoms with Gasteiger partial charge in [-0.25, -0.2) is 0 Å². The second-order valence-electron chi connectivity index (χ2n) is 5.37. The van der Waals surface area contributed by atoms with Crippen LogP contribution in [0, 0.1) is 11.8 Å². The van der Waals surface area contributed by atoms with E-state index in [1.807, 2.05) is 4.90 Å². The maximum atomic E-state index is 11.9. The van der Waals surface area contributed by atoms with E-state index in [0.29, 0.717) is 18.9 Å². The van der Waals surface area contributed by atoms with Gasteiger partial charge in [-0.15, -0.1) is 12.4 Å². The molecule has 0 bridgehead atoms. The summed E-state index contributed by atoms with van der Waals surface area (Å²) in [5, 5.41) is 0. The Balaban J connectivity index is 0.00000256. The van der Waals surface area contributed by atoms with Crippen molar-refractivity contribution in [1.82, 2.24) is 4.90 Å². The number of hydrogen-bond acceptors (Lipinski definition) is 2. The molecule has 1 amide bonds. The lowest BCUT2D eigenvalue weighted by atomic mass is 9.89. The van der Waals surface area contributed by atoms with Crippen molar-refractivity contribution in [1.29, 1.82) is 0 Å². The number of halogens is 1. The molecule has 0 aromatic carbocycles. The van der Waals surface area contributed by atoms with Crippen LogP contribution in [0.3, 0.4) is 0 Å². The molecule has 1 atom stereocenters. The maximum Gasteiger partial charge on any atom is 0.222 e. The second kappa shape index (κ2) is 8.76. The van der Waals surface area contributed by atoms with E-state index in [0.717, 1.165) is 31.3 Å². The molecule has 1 heterocycles. The lowest BCUT2D eigenvalue weighted by molar-refractivity contribution is -0.133. The van der Waals surface area contributed by atoms with E-state index in [2.05, 4.69) is 13.8 Å². The van der Waals surface area contributed by atoms with Crippen molar-refractivity contribution in [3.05, 3.63) is 0 Å². The van der Waals surface area contributed by atoms with Gasteiger partial charge in [0.25, 0.3) is 0 Å². The first-order chi connectivity index (χ1) is 7.63. The fraction of sp³-hybridized carbons (Fsp3) is 0.923. The van der Waals surface area contributed by atoms with Crippen molar-refractivity contribution in [2.24, 2.45) is 17.6 Å². The molecule has 1 saturated heterocycles. The van der Waals surface area contributed by atoms with Crippen LogP contribution in [0.4, 0.5) is 0 Å². The zero-order valence-corrected chi connectivity index (χ0v) is 12.0. The van der Waals surface area contributed by atoms with E-state index in [4.69, 9.17) is 5.73 Å². The van der Waals surface area contributed by atoms with Crippen LogP contribution in [0.2, 0.25) is 0 Å². The summed E-state index contributed by atoms with van der Waals surface area (Å²) in [5.74, 6) is 1.76. The molecular formula is C13H27ClN2O. The topological polar surface area (TPSA) is 46.3 Å². The number of amides is 1. The Labute approximate surface area is 112 Å². The predicted molar refractivity (Wildman–Crippen MR) is 74.3 cm³/mol. The highest BCUT2D eigenvalue weighted by molar-refractivity contribution is 5.85. The molecule has 17 heavy (non-hydrogen) atoms. The number of nitrogens with two attached hydrogens (primary N) is 1. The Morgan fingerprint density at radius 3 is 2.76 bits per heavy atom. The predicted octanol–water partition coefficient (Wildman–Crippen LogP) is 2.43. The molecule has 1 rings (SSSR count). The third-order valence-corrected chi connectivity index (χ3v) is 3.27. The van der Waals surface area contributed by atoms with Crippen LogP contribution in [-0.2, 0) is 4.79 Å². The van der Waals surface area contributed by atoms with E-state index >= 15 is 0 Å². The Morgan fingerprint density at radius 1 is 1.47 bits per heavy atom. The second-order valence-corrected chi connectivity index (χ2v) is 5.37. The first-order valence-electron chi connectivity index (χ1n) is 6.61. The fourth-order valence-corrected chi connectivity index (χ4v) is 2.56. The Kier molecular flexibility index (Phi) is 8.61. The van der Waals surface area contributed by atoms with Crippen molar-refractivity contribution in [2.75, 3.05) is 19.6 Å². The number of carbonyl (C=O) groups is 1. The first kappa shape index (κ1) is 16.7. The average molecular weight is 263 g/mol. The Hall–Kier alpha value is -0.280. The summed E-state index contributed by atoms with van der Waals surface area (Å²) < 4.78 is 0. The van der Waals surface area contributed by atoms with Crippen LogP contribution in [0.25, 0.3) is 0 Å². The summed E-state index contributed by atoms with van der Waals surface area (Å²) in [6, 6.07) is 0. The van der Waals surface area contributed by atoms with E-state index < -0.39 is 0 Å². The molecular weight excluding hydrogens is 236 g/mol. The van der Waals surface area contributed by atoms with Crippen LogP contribution in [0.1, 0.15) is 46.0 Å². The minimum atomic E-state index is 0. The normalized spacial score (nSPS) is 20.2. The largest absolute Gasteiger partial charge is 0.342 e. The molecule has 3 nitrogen and oxygen atoms in total. The maximum absolute atomic E-state index is 11.9. The zero-order valence-electron chi connectivity index (χ0n) is 11.2. The van der Waals surface area contributed by atoms with Gasteiger partial charge in [0.2, 0.25) is 5.91 Å². The number of carbonyl (C=O) groups excluding carboxylic acids is 1. The monoisotopic (exact) mass is 262 g/mol. The molecule has 0 saturated carbocycles. The van der Waals surface area contributed by atoms with Crippen molar-refractivity contribution in [3.8, 4) is 0 Å². The van der Waals surface area contributed by atoms with Crippen LogP contribution < -0.4 is 5.73 Å². The Bertz CT molecular complexity index is 221. The highest BCUT2D eigenvalue weighted by Gasteiger charge is 2.23. The van der Waals surface area contributed by atoms with E-state index in [-0.39, 0.29) is 12.4 Å². The Morgan fingerprint density at radius 2 is 2.18 bits per heavy atom. The number of rotatable bonds is 5. The third-order valence-electron chi connectivity index (χ3n) is 3.27. The molecule has 0 spiro atoms. The van der Waals surface area contributed by atoms with Crippen LogP contribution in [-0.4, -0.2) is 30.4 Å². The zero-order chi connectivity index (χ0) is 12.0. The number of hydrogen-bond donors (Lipinski definition) is 1. The van der Waals surface area contributed by atoms with Gasteiger partial charge in [-0.3, -0.25) is 4.79 Å². The van der Waals surface area contributed by atoms with Gasteiger partial charge in [0.1, 0.15) is 0 Å². The third kappa shape index (κ3) is 6.27. The number of nitrogens with zero attached hydrogens (tertiary/aromatic N) is 1. The molecule has 2 N–H and O–H groups in total. The van der Waals surface area contributed by atoms with Crippen molar-refractivity contribution >= 4 is 18.3 Å². The van der Waals surface area contributed by atoms with Crippen molar-refractivity contribution < 1.29 is 4.79 Å². The molecule has 1 aliphatic heterocycles. The smallest absolute Gasteiger partial charge is 0.222 e. The molecule has 1 aliphatic rings. The standard InChI is InChI=1S/C13H26N2O.ClH/c1-11(2)9-12-5-4-8-15(10-12)13(16)6-3-7-14;/h11-12H,3-10,14H2,1-2H3;1H. The molecule has 0 radical (unpaired) electrons. The highest BCUT2D eigenvalue weighted by atomic mass is 35.5. The summed E-state index contributed by atoms with van der Waals surface area (Å²) in [5.41, 5.74) is 5.43. The van der Waals surface area contributed by atoms with Gasteiger partial charge in [-0.05, 0) is 44.1 Å². The van der Waals surface area contributed by atoms with Crippen LogP contribution in [0.15, 0.2) is 0 Å². The minimum Gasteiger partial charge on any atom is -0.342 e. The summed E-state index contributed by atoms with van der Waals surface area (Å²) in [6.07, 6.45) is 5.17. The van der Waals surface area contributed by atoms with Crippen LogP contribution in [0.5, 0.6) is 0 Å². The molecule has 0 aliphatic carbocycles. The molecule has 1 unspecified atom stereocenters.